The molecule has 6 unspecified atom stereocenters. The molecule has 0 aromatic rings. The Balaban J connectivity index is 1.84. The van der Waals surface area contributed by atoms with Crippen LogP contribution in [0, 0.1) is 17.3 Å². The van der Waals surface area contributed by atoms with Gasteiger partial charge in [0.1, 0.15) is 18.0 Å². The summed E-state index contributed by atoms with van der Waals surface area (Å²) in [6.07, 6.45) is -1.63. The molecule has 0 N–H and O–H groups in total. The number of hydrogen-bond acceptors (Lipinski definition) is 6. The van der Waals surface area contributed by atoms with Crippen molar-refractivity contribution in [3.63, 3.8) is 0 Å². The largest absolute Gasteiger partial charge is 0.455 e. The van der Waals surface area contributed by atoms with Crippen molar-refractivity contribution in [1.82, 2.24) is 0 Å². The van der Waals surface area contributed by atoms with E-state index in [0.29, 0.717) is 6.42 Å². The van der Waals surface area contributed by atoms with E-state index >= 15 is 0 Å². The van der Waals surface area contributed by atoms with Gasteiger partial charge < -0.3 is 14.2 Å². The highest BCUT2D eigenvalue weighted by atomic mass is 16.7. The zero-order chi connectivity index (χ0) is 15.5. The summed E-state index contributed by atoms with van der Waals surface area (Å²) in [5.41, 5.74) is -0.616. The van der Waals surface area contributed by atoms with Crippen LogP contribution in [0.25, 0.3) is 0 Å². The molecule has 2 bridgehead atoms. The fourth-order valence-electron chi connectivity index (χ4n) is 3.37. The number of ether oxygens (including phenoxy) is 3. The zero-order valence-corrected chi connectivity index (χ0v) is 12.6. The first-order valence-corrected chi connectivity index (χ1v) is 7.35. The van der Waals surface area contributed by atoms with Crippen LogP contribution in [0.15, 0.2) is 0 Å². The van der Waals surface area contributed by atoms with E-state index in [1.165, 1.54) is 6.92 Å². The molecule has 3 aliphatic heterocycles. The highest BCUT2D eigenvalue weighted by Gasteiger charge is 2.71. The maximum atomic E-state index is 12.3. The molecule has 3 fully saturated rings. The first-order valence-electron chi connectivity index (χ1n) is 7.35. The summed E-state index contributed by atoms with van der Waals surface area (Å²) in [5.74, 6) is -2.00. The average molecular weight is 296 g/mol. The highest BCUT2D eigenvalue weighted by molar-refractivity contribution is 5.89. The maximum Gasteiger partial charge on any atom is 0.313 e. The molecule has 0 spiro atoms. The number of rotatable bonds is 4. The molecule has 116 valence electrons. The van der Waals surface area contributed by atoms with Crippen LogP contribution in [0.3, 0.4) is 0 Å². The summed E-state index contributed by atoms with van der Waals surface area (Å²) < 4.78 is 16.6. The molecule has 3 rings (SSSR count). The van der Waals surface area contributed by atoms with Crippen LogP contribution >= 0.6 is 0 Å². The van der Waals surface area contributed by atoms with Gasteiger partial charge in [0.15, 0.2) is 12.2 Å². The molecule has 3 heterocycles. The van der Waals surface area contributed by atoms with Crippen molar-refractivity contribution in [1.29, 1.82) is 0 Å². The molecule has 0 aliphatic carbocycles. The maximum absolute atomic E-state index is 12.3. The number of carbonyl (C=O) groups excluding carboxylic acids is 3. The molecule has 6 heteroatoms. The van der Waals surface area contributed by atoms with Crippen LogP contribution in [0.4, 0.5) is 0 Å². The summed E-state index contributed by atoms with van der Waals surface area (Å²) >= 11 is 0. The third-order valence-electron chi connectivity index (χ3n) is 5.05. The fourth-order valence-corrected chi connectivity index (χ4v) is 3.37. The summed E-state index contributed by atoms with van der Waals surface area (Å²) in [6, 6.07) is 0. The zero-order valence-electron chi connectivity index (χ0n) is 12.6. The molecule has 3 saturated heterocycles. The molecule has 0 aromatic carbocycles. The smallest absolute Gasteiger partial charge is 0.313 e. The Labute approximate surface area is 123 Å². The van der Waals surface area contributed by atoms with Crippen LogP contribution in [-0.2, 0) is 28.6 Å². The quantitative estimate of drug-likeness (QED) is 0.716. The van der Waals surface area contributed by atoms with E-state index in [0.717, 1.165) is 0 Å². The van der Waals surface area contributed by atoms with Crippen molar-refractivity contribution in [2.75, 3.05) is 0 Å². The molecule has 6 atom stereocenters. The molecule has 0 aromatic heterocycles. The Morgan fingerprint density at radius 1 is 1.24 bits per heavy atom. The molecule has 0 amide bonds. The van der Waals surface area contributed by atoms with Gasteiger partial charge in [-0.2, -0.15) is 0 Å². The predicted molar refractivity (Wildman–Crippen MR) is 70.2 cm³/mol. The SMILES string of the molecule is CCC(C)(C)C(=O)OC1C2OC(=O)C3C2OC1C3C(C)=O. The number of esters is 2. The van der Waals surface area contributed by atoms with Gasteiger partial charge in [-0.1, -0.05) is 6.92 Å². The molecular weight excluding hydrogens is 276 g/mol. The Morgan fingerprint density at radius 2 is 1.90 bits per heavy atom. The summed E-state index contributed by atoms with van der Waals surface area (Å²) in [6.45, 7) is 6.94. The van der Waals surface area contributed by atoms with Crippen LogP contribution < -0.4 is 0 Å². The fraction of sp³-hybridized carbons (Fsp3) is 0.800. The van der Waals surface area contributed by atoms with E-state index in [2.05, 4.69) is 0 Å². The van der Waals surface area contributed by atoms with E-state index in [4.69, 9.17) is 14.2 Å². The van der Waals surface area contributed by atoms with Crippen molar-refractivity contribution >= 4 is 17.7 Å². The first-order chi connectivity index (χ1) is 9.77. The minimum Gasteiger partial charge on any atom is -0.455 e. The summed E-state index contributed by atoms with van der Waals surface area (Å²) in [4.78, 5) is 36.0. The second-order valence-corrected chi connectivity index (χ2v) is 6.74. The minimum atomic E-state index is -0.676. The minimum absolute atomic E-state index is 0.124. The van der Waals surface area contributed by atoms with Gasteiger partial charge in [-0.05, 0) is 27.2 Å². The number of ketones is 1. The molecule has 0 radical (unpaired) electrons. The van der Waals surface area contributed by atoms with Crippen LogP contribution in [0.5, 0.6) is 0 Å². The van der Waals surface area contributed by atoms with Crippen molar-refractivity contribution in [3.8, 4) is 0 Å². The van der Waals surface area contributed by atoms with Gasteiger partial charge in [-0.3, -0.25) is 14.4 Å². The van der Waals surface area contributed by atoms with Gasteiger partial charge >= 0.3 is 11.9 Å². The first kappa shape index (κ1) is 14.5. The lowest BCUT2D eigenvalue weighted by Gasteiger charge is -2.30. The van der Waals surface area contributed by atoms with Gasteiger partial charge in [0, 0.05) is 0 Å². The Kier molecular flexibility index (Phi) is 3.13. The molecule has 0 saturated carbocycles. The highest BCUT2D eigenvalue weighted by Crippen LogP contribution is 2.51. The van der Waals surface area contributed by atoms with Gasteiger partial charge in [-0.15, -0.1) is 0 Å². The lowest BCUT2D eigenvalue weighted by Crippen LogP contribution is -2.48. The van der Waals surface area contributed by atoms with Gasteiger partial charge in [0.2, 0.25) is 0 Å². The van der Waals surface area contributed by atoms with Crippen molar-refractivity contribution in [3.05, 3.63) is 0 Å². The number of fused-ring (bicyclic) bond motifs is 1. The van der Waals surface area contributed by atoms with E-state index in [-0.39, 0.29) is 11.8 Å². The summed E-state index contributed by atoms with van der Waals surface area (Å²) in [7, 11) is 0. The van der Waals surface area contributed by atoms with E-state index < -0.39 is 47.6 Å². The van der Waals surface area contributed by atoms with E-state index in [1.54, 1.807) is 13.8 Å². The molecule has 21 heavy (non-hydrogen) atoms. The second kappa shape index (κ2) is 4.53. The number of Topliss-reactive ketones (excluding diaryl/α,β-unsaturated/α-hetero) is 1. The number of hydrogen-bond donors (Lipinski definition) is 0. The van der Waals surface area contributed by atoms with Crippen molar-refractivity contribution < 1.29 is 28.6 Å². The van der Waals surface area contributed by atoms with Crippen molar-refractivity contribution in [2.24, 2.45) is 17.3 Å². The average Bonchev–Trinajstić information content (AvgIpc) is 3.01. The monoisotopic (exact) mass is 296 g/mol. The van der Waals surface area contributed by atoms with Crippen LogP contribution in [-0.4, -0.2) is 42.1 Å². The van der Waals surface area contributed by atoms with E-state index in [1.807, 2.05) is 6.92 Å². The third-order valence-corrected chi connectivity index (χ3v) is 5.05. The normalized spacial score (nSPS) is 40.3. The lowest BCUT2D eigenvalue weighted by atomic mass is 9.76. The van der Waals surface area contributed by atoms with Crippen molar-refractivity contribution in [2.45, 2.75) is 58.5 Å². The number of carbonyl (C=O) groups is 3. The third kappa shape index (κ3) is 1.92. The van der Waals surface area contributed by atoms with E-state index in [9.17, 15) is 14.4 Å². The Morgan fingerprint density at radius 3 is 2.48 bits per heavy atom. The standard InChI is InChI=1S/C15H20O6/c1-5-15(3,4)14(18)21-12-9-7(6(2)16)8-10(19-9)11(12)20-13(8)17/h7-12H,5H2,1-4H3. The Bertz CT molecular complexity index is 510. The van der Waals surface area contributed by atoms with Crippen LogP contribution in [0.2, 0.25) is 0 Å². The molecule has 6 nitrogen and oxygen atoms in total. The summed E-state index contributed by atoms with van der Waals surface area (Å²) in [5, 5.41) is 0. The molecular formula is C15H20O6. The van der Waals surface area contributed by atoms with Gasteiger partial charge in [-0.25, -0.2) is 0 Å². The topological polar surface area (TPSA) is 78.9 Å². The predicted octanol–water partition coefficient (Wildman–Crippen LogP) is 0.862. The Hall–Kier alpha value is -1.43. The molecule has 3 aliphatic rings. The van der Waals surface area contributed by atoms with Gasteiger partial charge in [0.25, 0.3) is 0 Å². The van der Waals surface area contributed by atoms with Crippen LogP contribution in [0.1, 0.15) is 34.1 Å². The van der Waals surface area contributed by atoms with Gasteiger partial charge in [0.05, 0.1) is 17.3 Å². The lowest BCUT2D eigenvalue weighted by molar-refractivity contribution is -0.170. The second-order valence-electron chi connectivity index (χ2n) is 6.74.